The molecule has 1 aliphatic rings. The molecule has 0 amide bonds. The van der Waals surface area contributed by atoms with Crippen molar-refractivity contribution in [2.24, 2.45) is 0 Å². The molecule has 1 fully saturated rings. The zero-order valence-electron chi connectivity index (χ0n) is 19.8. The highest BCUT2D eigenvalue weighted by atomic mass is 16.5. The van der Waals surface area contributed by atoms with Crippen molar-refractivity contribution in [3.63, 3.8) is 0 Å². The van der Waals surface area contributed by atoms with Crippen molar-refractivity contribution in [3.8, 4) is 28.6 Å². The number of hydrogen-bond acceptors (Lipinski definition) is 6. The molecular formula is C28H25N7O. The van der Waals surface area contributed by atoms with E-state index in [9.17, 15) is 5.26 Å². The van der Waals surface area contributed by atoms with Gasteiger partial charge in [-0.05, 0) is 28.8 Å². The number of morpholine rings is 1. The van der Waals surface area contributed by atoms with E-state index >= 15 is 0 Å². The molecule has 0 saturated carbocycles. The molecule has 8 nitrogen and oxygen atoms in total. The van der Waals surface area contributed by atoms with E-state index in [-0.39, 0.29) is 0 Å². The Hall–Kier alpha value is -4.32. The maximum Gasteiger partial charge on any atom is 0.141 e. The third-order valence-corrected chi connectivity index (χ3v) is 6.62. The van der Waals surface area contributed by atoms with Crippen molar-refractivity contribution in [3.05, 3.63) is 90.3 Å². The van der Waals surface area contributed by atoms with E-state index in [0.717, 1.165) is 78.5 Å². The van der Waals surface area contributed by atoms with Crippen molar-refractivity contribution in [2.45, 2.75) is 13.1 Å². The predicted octanol–water partition coefficient (Wildman–Crippen LogP) is 4.24. The van der Waals surface area contributed by atoms with Crippen LogP contribution >= 0.6 is 0 Å². The molecule has 1 N–H and O–H groups in total. The number of aromatic nitrogens is 5. The first-order chi connectivity index (χ1) is 17.8. The molecule has 8 heteroatoms. The van der Waals surface area contributed by atoms with Crippen LogP contribution in [-0.4, -0.2) is 55.7 Å². The Bertz CT molecular complexity index is 1520. The van der Waals surface area contributed by atoms with Crippen molar-refractivity contribution >= 4 is 11.0 Å². The maximum atomic E-state index is 9.85. The van der Waals surface area contributed by atoms with Gasteiger partial charge in [0.15, 0.2) is 0 Å². The molecule has 0 aliphatic carbocycles. The average Bonchev–Trinajstić information content (AvgIpc) is 3.60. The number of benzene rings is 2. The Morgan fingerprint density at radius 1 is 0.972 bits per heavy atom. The number of nitriles is 1. The fraction of sp³-hybridized carbons (Fsp3) is 0.214. The molecule has 1 saturated heterocycles. The molecule has 5 aromatic rings. The van der Waals surface area contributed by atoms with E-state index in [0.29, 0.717) is 5.56 Å². The number of nitrogens with zero attached hydrogens (tertiary/aromatic N) is 6. The molecule has 0 bridgehead atoms. The lowest BCUT2D eigenvalue weighted by molar-refractivity contribution is 0.0341. The van der Waals surface area contributed by atoms with Crippen LogP contribution in [0.3, 0.4) is 0 Å². The summed E-state index contributed by atoms with van der Waals surface area (Å²) in [6.45, 7) is 4.78. The van der Waals surface area contributed by atoms with Crippen LogP contribution in [0.15, 0.2) is 73.6 Å². The molecule has 4 heterocycles. The number of rotatable bonds is 6. The number of H-pyrrole nitrogens is 1. The Labute approximate surface area is 208 Å². The molecule has 2 aromatic carbocycles. The zero-order valence-corrected chi connectivity index (χ0v) is 19.8. The lowest BCUT2D eigenvalue weighted by Crippen LogP contribution is -2.35. The van der Waals surface area contributed by atoms with Crippen molar-refractivity contribution < 1.29 is 4.74 Å². The second-order valence-electron chi connectivity index (χ2n) is 8.97. The normalized spacial score (nSPS) is 14.2. The van der Waals surface area contributed by atoms with Gasteiger partial charge in [-0.25, -0.2) is 15.0 Å². The Morgan fingerprint density at radius 3 is 2.58 bits per heavy atom. The van der Waals surface area contributed by atoms with Crippen LogP contribution in [0.25, 0.3) is 33.5 Å². The minimum absolute atomic E-state index is 0.676. The van der Waals surface area contributed by atoms with Crippen molar-refractivity contribution in [2.75, 3.05) is 26.3 Å². The SMILES string of the molecule is N#Cc1cc(-c2ncnc3[nH]c(-c4ccc(Cn5ccnc5)cc4)cc23)ccc1CN1CCOCC1. The van der Waals surface area contributed by atoms with Gasteiger partial charge in [0.05, 0.1) is 36.9 Å². The first-order valence-corrected chi connectivity index (χ1v) is 12.0. The molecule has 178 valence electrons. The Kier molecular flexibility index (Phi) is 6.00. The second kappa shape index (κ2) is 9.74. The van der Waals surface area contributed by atoms with Crippen LogP contribution in [0.4, 0.5) is 0 Å². The van der Waals surface area contributed by atoms with Crippen LogP contribution in [0.5, 0.6) is 0 Å². The molecular weight excluding hydrogens is 450 g/mol. The summed E-state index contributed by atoms with van der Waals surface area (Å²) in [5.74, 6) is 0. The van der Waals surface area contributed by atoms with E-state index in [4.69, 9.17) is 4.74 Å². The standard InChI is InChI=1S/C28H25N7O/c29-15-24-13-22(5-6-23(24)17-34-9-11-36-12-10-34)27-25-14-26(33-28(25)32-18-31-27)21-3-1-20(2-4-21)16-35-8-7-30-19-35/h1-8,13-14,18-19H,9-12,16-17H2,(H,31,32,33). The van der Waals surface area contributed by atoms with Crippen molar-refractivity contribution in [1.82, 2.24) is 29.4 Å². The van der Waals surface area contributed by atoms with Crippen LogP contribution in [0.1, 0.15) is 16.7 Å². The van der Waals surface area contributed by atoms with Crippen LogP contribution in [0.2, 0.25) is 0 Å². The number of ether oxygens (including phenoxy) is 1. The van der Waals surface area contributed by atoms with Crippen LogP contribution in [-0.2, 0) is 17.8 Å². The first kappa shape index (κ1) is 22.2. The minimum atomic E-state index is 0.676. The number of imidazole rings is 1. The average molecular weight is 476 g/mol. The number of nitrogens with one attached hydrogen (secondary N) is 1. The topological polar surface area (TPSA) is 95.6 Å². The van der Waals surface area contributed by atoms with Gasteiger partial charge in [0.1, 0.15) is 12.0 Å². The van der Waals surface area contributed by atoms with E-state index in [1.54, 1.807) is 12.5 Å². The molecule has 0 unspecified atom stereocenters. The quantitative estimate of drug-likeness (QED) is 0.395. The fourth-order valence-electron chi connectivity index (χ4n) is 4.67. The molecule has 36 heavy (non-hydrogen) atoms. The summed E-state index contributed by atoms with van der Waals surface area (Å²) in [6, 6.07) is 19.0. The van der Waals surface area contributed by atoms with Gasteiger partial charge in [0.25, 0.3) is 0 Å². The third-order valence-electron chi connectivity index (χ3n) is 6.62. The summed E-state index contributed by atoms with van der Waals surface area (Å²) in [5, 5.41) is 10.8. The van der Waals surface area contributed by atoms with Gasteiger partial charge in [-0.1, -0.05) is 36.4 Å². The Morgan fingerprint density at radius 2 is 1.81 bits per heavy atom. The van der Waals surface area contributed by atoms with Crippen molar-refractivity contribution in [1.29, 1.82) is 5.26 Å². The largest absolute Gasteiger partial charge is 0.379 e. The summed E-state index contributed by atoms with van der Waals surface area (Å²) < 4.78 is 7.49. The molecule has 0 spiro atoms. The lowest BCUT2D eigenvalue weighted by atomic mass is 10.0. The monoisotopic (exact) mass is 475 g/mol. The summed E-state index contributed by atoms with van der Waals surface area (Å²) >= 11 is 0. The predicted molar refractivity (Wildman–Crippen MR) is 137 cm³/mol. The lowest BCUT2D eigenvalue weighted by Gasteiger charge is -2.26. The minimum Gasteiger partial charge on any atom is -0.379 e. The number of aromatic amines is 1. The third kappa shape index (κ3) is 4.50. The second-order valence-corrected chi connectivity index (χ2v) is 8.97. The van der Waals surface area contributed by atoms with Gasteiger partial charge < -0.3 is 14.3 Å². The van der Waals surface area contributed by atoms with Crippen LogP contribution < -0.4 is 0 Å². The molecule has 3 aromatic heterocycles. The molecule has 0 atom stereocenters. The highest BCUT2D eigenvalue weighted by Gasteiger charge is 2.16. The van der Waals surface area contributed by atoms with E-state index in [1.807, 2.05) is 29.2 Å². The summed E-state index contributed by atoms with van der Waals surface area (Å²) in [5.41, 5.74) is 7.45. The highest BCUT2D eigenvalue weighted by Crippen LogP contribution is 2.31. The first-order valence-electron chi connectivity index (χ1n) is 12.0. The smallest absolute Gasteiger partial charge is 0.141 e. The summed E-state index contributed by atoms with van der Waals surface area (Å²) in [4.78, 5) is 18.9. The van der Waals surface area contributed by atoms with E-state index in [2.05, 4.69) is 67.3 Å². The van der Waals surface area contributed by atoms with Gasteiger partial charge >= 0.3 is 0 Å². The fourth-order valence-corrected chi connectivity index (χ4v) is 4.67. The maximum absolute atomic E-state index is 9.85. The van der Waals surface area contributed by atoms with Gasteiger partial charge in [0, 0.05) is 55.2 Å². The summed E-state index contributed by atoms with van der Waals surface area (Å²) in [6.07, 6.45) is 7.13. The van der Waals surface area contributed by atoms with Gasteiger partial charge in [-0.15, -0.1) is 0 Å². The highest BCUT2D eigenvalue weighted by molar-refractivity contribution is 5.94. The molecule has 1 aliphatic heterocycles. The Balaban J connectivity index is 1.29. The van der Waals surface area contributed by atoms with Gasteiger partial charge in [-0.3, -0.25) is 4.90 Å². The van der Waals surface area contributed by atoms with Gasteiger partial charge in [-0.2, -0.15) is 5.26 Å². The van der Waals surface area contributed by atoms with E-state index < -0.39 is 0 Å². The van der Waals surface area contributed by atoms with Crippen LogP contribution in [0, 0.1) is 11.3 Å². The summed E-state index contributed by atoms with van der Waals surface area (Å²) in [7, 11) is 0. The molecule has 6 rings (SSSR count). The number of fused-ring (bicyclic) bond motifs is 1. The zero-order chi connectivity index (χ0) is 24.3. The molecule has 0 radical (unpaired) electrons. The number of hydrogen-bond donors (Lipinski definition) is 1. The van der Waals surface area contributed by atoms with E-state index in [1.165, 1.54) is 5.56 Å². The van der Waals surface area contributed by atoms with Gasteiger partial charge in [0.2, 0.25) is 0 Å².